The quantitative estimate of drug-likeness (QED) is 0.170. The molecule has 1 aliphatic rings. The average molecular weight is 441 g/mol. The van der Waals surface area contributed by atoms with Crippen LogP contribution in [0.3, 0.4) is 0 Å². The van der Waals surface area contributed by atoms with Crippen LogP contribution in [0, 0.1) is 0 Å². The van der Waals surface area contributed by atoms with Crippen molar-refractivity contribution in [1.82, 2.24) is 0 Å². The van der Waals surface area contributed by atoms with E-state index in [1.807, 2.05) is 0 Å². The third-order valence-corrected chi connectivity index (χ3v) is 6.20. The summed E-state index contributed by atoms with van der Waals surface area (Å²) in [6, 6.07) is 0. The molecule has 5 nitrogen and oxygen atoms in total. The van der Waals surface area contributed by atoms with Crippen LogP contribution in [0.1, 0.15) is 122 Å². The van der Waals surface area contributed by atoms with Crippen molar-refractivity contribution in [3.05, 3.63) is 12.2 Å². The number of hydrogen-bond donors (Lipinski definition) is 3. The number of ether oxygens (including phenoxy) is 1. The normalized spacial score (nSPS) is 19.2. The third-order valence-electron chi connectivity index (χ3n) is 6.20. The third kappa shape index (κ3) is 16.4. The second kappa shape index (κ2) is 18.6. The molecule has 1 aliphatic heterocycles. The highest BCUT2D eigenvalue weighted by Gasteiger charge is 2.22. The molecule has 182 valence electrons. The molecule has 0 aliphatic carbocycles. The van der Waals surface area contributed by atoms with E-state index in [0.717, 1.165) is 12.8 Å². The van der Waals surface area contributed by atoms with Gasteiger partial charge in [0.1, 0.15) is 6.10 Å². The molecule has 0 amide bonds. The van der Waals surface area contributed by atoms with E-state index in [2.05, 4.69) is 6.92 Å². The smallest absolute Gasteiger partial charge is 0.330 e. The highest BCUT2D eigenvalue weighted by Crippen LogP contribution is 2.19. The Kier molecular flexibility index (Phi) is 16.9. The Labute approximate surface area is 190 Å². The molecule has 4 atom stereocenters. The molecule has 0 saturated carbocycles. The van der Waals surface area contributed by atoms with Gasteiger partial charge >= 0.3 is 5.97 Å². The maximum absolute atomic E-state index is 11.2. The van der Waals surface area contributed by atoms with E-state index >= 15 is 0 Å². The summed E-state index contributed by atoms with van der Waals surface area (Å²) in [5.41, 5.74) is 0. The van der Waals surface area contributed by atoms with E-state index in [1.165, 1.54) is 76.7 Å². The van der Waals surface area contributed by atoms with Crippen LogP contribution in [-0.2, 0) is 9.53 Å². The predicted octanol–water partition coefficient (Wildman–Crippen LogP) is 5.59. The molecule has 1 rings (SSSR count). The zero-order valence-electron chi connectivity index (χ0n) is 19.9. The largest absolute Gasteiger partial charge is 0.459 e. The number of carbonyl (C=O) groups is 1. The van der Waals surface area contributed by atoms with Crippen LogP contribution >= 0.6 is 0 Å². The summed E-state index contributed by atoms with van der Waals surface area (Å²) in [6.07, 6.45) is 19.9. The SMILES string of the molecule is CCCCCCCCCCCCCCC[C@H](O)C[C@H](O)C[C@H](O)C[C@H]1CC=CC(=O)O1. The molecule has 5 heteroatoms. The van der Waals surface area contributed by atoms with E-state index in [-0.39, 0.29) is 18.5 Å². The Balaban J connectivity index is 1.91. The number of unbranched alkanes of at least 4 members (excludes halogenated alkanes) is 12. The summed E-state index contributed by atoms with van der Waals surface area (Å²) in [4.78, 5) is 11.2. The van der Waals surface area contributed by atoms with Crippen LogP contribution in [0.15, 0.2) is 12.2 Å². The van der Waals surface area contributed by atoms with Crippen LogP contribution in [0.25, 0.3) is 0 Å². The summed E-state index contributed by atoms with van der Waals surface area (Å²) in [5, 5.41) is 30.4. The minimum Gasteiger partial charge on any atom is -0.459 e. The fourth-order valence-electron chi connectivity index (χ4n) is 4.35. The van der Waals surface area contributed by atoms with Gasteiger partial charge in [-0.25, -0.2) is 4.79 Å². The minimum atomic E-state index is -0.734. The molecule has 0 aromatic rings. The maximum Gasteiger partial charge on any atom is 0.330 e. The lowest BCUT2D eigenvalue weighted by atomic mass is 9.97. The van der Waals surface area contributed by atoms with Crippen LogP contribution in [0.2, 0.25) is 0 Å². The summed E-state index contributed by atoms with van der Waals surface area (Å²) < 4.78 is 5.13. The van der Waals surface area contributed by atoms with Crippen molar-refractivity contribution in [3.8, 4) is 0 Å². The second-order valence-electron chi connectivity index (χ2n) is 9.40. The van der Waals surface area contributed by atoms with Gasteiger partial charge in [-0.05, 0) is 19.3 Å². The van der Waals surface area contributed by atoms with Gasteiger partial charge in [-0.1, -0.05) is 96.5 Å². The molecular weight excluding hydrogens is 392 g/mol. The Hall–Kier alpha value is -0.910. The molecule has 0 fully saturated rings. The van der Waals surface area contributed by atoms with Crippen molar-refractivity contribution in [2.24, 2.45) is 0 Å². The van der Waals surface area contributed by atoms with Gasteiger partial charge < -0.3 is 20.1 Å². The van der Waals surface area contributed by atoms with Crippen molar-refractivity contribution in [3.63, 3.8) is 0 Å². The van der Waals surface area contributed by atoms with Crippen molar-refractivity contribution < 1.29 is 24.9 Å². The van der Waals surface area contributed by atoms with Crippen LogP contribution < -0.4 is 0 Å². The molecule has 0 radical (unpaired) electrons. The zero-order chi connectivity index (χ0) is 22.7. The maximum atomic E-state index is 11.2. The first-order chi connectivity index (χ1) is 15.0. The molecule has 0 saturated heterocycles. The second-order valence-corrected chi connectivity index (χ2v) is 9.40. The summed E-state index contributed by atoms with van der Waals surface area (Å²) in [5.74, 6) is -0.378. The molecule has 0 bridgehead atoms. The molecular formula is C26H48O5. The lowest BCUT2D eigenvalue weighted by Crippen LogP contribution is -2.28. The minimum absolute atomic E-state index is 0.202. The van der Waals surface area contributed by atoms with E-state index in [9.17, 15) is 20.1 Å². The van der Waals surface area contributed by atoms with Crippen molar-refractivity contribution in [2.45, 2.75) is 147 Å². The van der Waals surface area contributed by atoms with Gasteiger partial charge in [0.25, 0.3) is 0 Å². The molecule has 0 aromatic carbocycles. The Bertz CT molecular complexity index is 465. The first kappa shape index (κ1) is 28.1. The van der Waals surface area contributed by atoms with E-state index in [4.69, 9.17) is 4.74 Å². The topological polar surface area (TPSA) is 87.0 Å². The highest BCUT2D eigenvalue weighted by molar-refractivity contribution is 5.82. The predicted molar refractivity (Wildman–Crippen MR) is 126 cm³/mol. The molecule has 0 aromatic heterocycles. The van der Waals surface area contributed by atoms with Crippen LogP contribution in [-0.4, -0.2) is 45.7 Å². The zero-order valence-corrected chi connectivity index (χ0v) is 19.9. The van der Waals surface area contributed by atoms with Gasteiger partial charge in [0, 0.05) is 18.9 Å². The number of aliphatic hydroxyl groups is 3. The van der Waals surface area contributed by atoms with E-state index in [1.54, 1.807) is 6.08 Å². The van der Waals surface area contributed by atoms with Gasteiger partial charge in [-0.2, -0.15) is 0 Å². The van der Waals surface area contributed by atoms with Crippen LogP contribution in [0.5, 0.6) is 0 Å². The standard InChI is InChI=1S/C26H48O5/c1-2-3-4-5-6-7-8-9-10-11-12-13-14-16-22(27)19-23(28)20-24(29)21-25-17-15-18-26(30)31-25/h15,18,22-25,27-29H,2-14,16-17,19-21H2,1H3/t22-,23-,24-,25+/m0/s1. The van der Waals surface area contributed by atoms with Crippen LogP contribution in [0.4, 0.5) is 0 Å². The Morgan fingerprint density at radius 1 is 0.806 bits per heavy atom. The number of aliphatic hydroxyl groups excluding tert-OH is 3. The van der Waals surface area contributed by atoms with Gasteiger partial charge in [0.05, 0.1) is 18.3 Å². The number of hydrogen-bond acceptors (Lipinski definition) is 5. The summed E-state index contributed by atoms with van der Waals surface area (Å²) >= 11 is 0. The first-order valence-electron chi connectivity index (χ1n) is 12.9. The molecule has 0 unspecified atom stereocenters. The van der Waals surface area contributed by atoms with Gasteiger partial charge in [0.15, 0.2) is 0 Å². The number of cyclic esters (lactones) is 1. The Morgan fingerprint density at radius 3 is 1.87 bits per heavy atom. The molecule has 1 heterocycles. The van der Waals surface area contributed by atoms with Gasteiger partial charge in [-0.15, -0.1) is 0 Å². The lowest BCUT2D eigenvalue weighted by molar-refractivity contribution is -0.145. The fourth-order valence-corrected chi connectivity index (χ4v) is 4.35. The van der Waals surface area contributed by atoms with Gasteiger partial charge in [-0.3, -0.25) is 0 Å². The van der Waals surface area contributed by atoms with Gasteiger partial charge in [0.2, 0.25) is 0 Å². The fraction of sp³-hybridized carbons (Fsp3) is 0.885. The first-order valence-corrected chi connectivity index (χ1v) is 12.9. The Morgan fingerprint density at radius 2 is 1.32 bits per heavy atom. The average Bonchev–Trinajstić information content (AvgIpc) is 2.71. The van der Waals surface area contributed by atoms with E-state index < -0.39 is 18.3 Å². The molecule has 3 N–H and O–H groups in total. The lowest BCUT2D eigenvalue weighted by Gasteiger charge is -2.23. The highest BCUT2D eigenvalue weighted by atomic mass is 16.5. The van der Waals surface area contributed by atoms with Crippen molar-refractivity contribution in [2.75, 3.05) is 0 Å². The van der Waals surface area contributed by atoms with E-state index in [0.29, 0.717) is 25.7 Å². The number of carbonyl (C=O) groups excluding carboxylic acids is 1. The van der Waals surface area contributed by atoms with Crippen molar-refractivity contribution in [1.29, 1.82) is 0 Å². The molecule has 0 spiro atoms. The van der Waals surface area contributed by atoms with Crippen molar-refractivity contribution >= 4 is 5.97 Å². The number of esters is 1. The summed E-state index contributed by atoms with van der Waals surface area (Å²) in [6.45, 7) is 2.26. The number of rotatable bonds is 20. The summed E-state index contributed by atoms with van der Waals surface area (Å²) in [7, 11) is 0. The monoisotopic (exact) mass is 440 g/mol. The molecule has 31 heavy (non-hydrogen) atoms.